The van der Waals surface area contributed by atoms with E-state index in [-0.39, 0.29) is 30.8 Å². The van der Waals surface area contributed by atoms with Gasteiger partial charge in [-0.25, -0.2) is 0 Å². The molecule has 1 aliphatic carbocycles. The minimum absolute atomic E-state index is 0. The van der Waals surface area contributed by atoms with E-state index in [1.54, 1.807) is 0 Å². The van der Waals surface area contributed by atoms with Crippen molar-refractivity contribution in [2.45, 2.75) is 43.5 Å². The minimum atomic E-state index is -4.59. The van der Waals surface area contributed by atoms with Gasteiger partial charge in [0, 0.05) is 0 Å². The minimum Gasteiger partial charge on any atom is -0.382 e. The molecule has 118 valence electrons. The second kappa shape index (κ2) is 5.59. The van der Waals surface area contributed by atoms with Crippen LogP contribution in [0.4, 0.5) is 13.2 Å². The summed E-state index contributed by atoms with van der Waals surface area (Å²) >= 11 is 0. The van der Waals surface area contributed by atoms with E-state index in [2.05, 4.69) is 0 Å². The SMILES string of the molecule is CC1(O)CCCC(N)(c2ccccc2C(F)(F)F)C1=O.Cl. The second-order valence-corrected chi connectivity index (χ2v) is 5.47. The topological polar surface area (TPSA) is 63.3 Å². The third kappa shape index (κ3) is 3.07. The van der Waals surface area contributed by atoms with Crippen molar-refractivity contribution in [1.29, 1.82) is 0 Å². The van der Waals surface area contributed by atoms with Crippen LogP contribution in [0, 0.1) is 0 Å². The quantitative estimate of drug-likeness (QED) is 0.835. The molecule has 3 nitrogen and oxygen atoms in total. The number of halogens is 4. The summed E-state index contributed by atoms with van der Waals surface area (Å²) in [7, 11) is 0. The molecule has 1 aliphatic rings. The van der Waals surface area contributed by atoms with Gasteiger partial charge in [-0.05, 0) is 37.8 Å². The second-order valence-electron chi connectivity index (χ2n) is 5.47. The maximum atomic E-state index is 13.1. The van der Waals surface area contributed by atoms with E-state index in [4.69, 9.17) is 5.73 Å². The molecule has 0 aliphatic heterocycles. The Morgan fingerprint density at radius 1 is 1.24 bits per heavy atom. The number of carbonyl (C=O) groups excluding carboxylic acids is 1. The van der Waals surface area contributed by atoms with E-state index in [0.29, 0.717) is 6.42 Å². The molecule has 0 spiro atoms. The first-order valence-corrected chi connectivity index (χ1v) is 6.32. The fourth-order valence-corrected chi connectivity index (χ4v) is 2.80. The summed E-state index contributed by atoms with van der Waals surface area (Å²) in [6, 6.07) is 4.78. The Morgan fingerprint density at radius 3 is 2.38 bits per heavy atom. The molecule has 0 heterocycles. The zero-order chi connectivity index (χ0) is 15.2. The van der Waals surface area contributed by atoms with Gasteiger partial charge in [-0.3, -0.25) is 4.79 Å². The Morgan fingerprint density at radius 2 is 1.81 bits per heavy atom. The number of nitrogens with two attached hydrogens (primary N) is 1. The number of carbonyl (C=O) groups is 1. The van der Waals surface area contributed by atoms with Crippen LogP contribution in [0.1, 0.15) is 37.3 Å². The normalized spacial score (nSPS) is 29.9. The number of hydrogen-bond donors (Lipinski definition) is 2. The molecule has 0 radical (unpaired) electrons. The fraction of sp³-hybridized carbons (Fsp3) is 0.500. The third-order valence-corrected chi connectivity index (χ3v) is 3.84. The Bertz CT molecular complexity index is 545. The smallest absolute Gasteiger partial charge is 0.382 e. The first-order chi connectivity index (χ1) is 9.09. The molecule has 2 unspecified atom stereocenters. The van der Waals surface area contributed by atoms with E-state index < -0.39 is 28.7 Å². The maximum absolute atomic E-state index is 13.1. The van der Waals surface area contributed by atoms with Crippen LogP contribution in [0.25, 0.3) is 0 Å². The first-order valence-electron chi connectivity index (χ1n) is 6.32. The lowest BCUT2D eigenvalue weighted by atomic mass is 9.69. The van der Waals surface area contributed by atoms with Crippen molar-refractivity contribution in [2.75, 3.05) is 0 Å². The Hall–Kier alpha value is -1.11. The lowest BCUT2D eigenvalue weighted by molar-refractivity contribution is -0.148. The lowest BCUT2D eigenvalue weighted by Gasteiger charge is -2.40. The van der Waals surface area contributed by atoms with E-state index in [9.17, 15) is 23.1 Å². The molecular weight excluding hydrogens is 307 g/mol. The number of ketones is 1. The van der Waals surface area contributed by atoms with E-state index in [1.807, 2.05) is 0 Å². The summed E-state index contributed by atoms with van der Waals surface area (Å²) in [5.41, 5.74) is 1.31. The van der Waals surface area contributed by atoms with Gasteiger partial charge >= 0.3 is 6.18 Å². The Labute approximate surface area is 126 Å². The monoisotopic (exact) mass is 323 g/mol. The number of Topliss-reactive ketones (excluding diaryl/α,β-unsaturated/α-hetero) is 1. The molecule has 0 aromatic heterocycles. The standard InChI is InChI=1S/C14H16F3NO2.ClH/c1-12(20)7-4-8-13(18,11(12)19)9-5-2-3-6-10(9)14(15,16)17;/h2-3,5-6,20H,4,7-8,18H2,1H3;1H. The summed E-state index contributed by atoms with van der Waals surface area (Å²) < 4.78 is 39.2. The van der Waals surface area contributed by atoms with E-state index in [0.717, 1.165) is 6.07 Å². The molecular formula is C14H17ClF3NO2. The molecule has 1 aromatic rings. The Kier molecular flexibility index (Phi) is 4.77. The summed E-state index contributed by atoms with van der Waals surface area (Å²) in [6.45, 7) is 1.30. The maximum Gasteiger partial charge on any atom is 0.416 e. The van der Waals surface area contributed by atoms with Crippen LogP contribution in [0.2, 0.25) is 0 Å². The predicted molar refractivity (Wildman–Crippen MR) is 74.0 cm³/mol. The van der Waals surface area contributed by atoms with Crippen molar-refractivity contribution in [3.8, 4) is 0 Å². The number of benzene rings is 1. The Balaban J connectivity index is 0.00000220. The van der Waals surface area contributed by atoms with Crippen molar-refractivity contribution in [3.63, 3.8) is 0 Å². The highest BCUT2D eigenvalue weighted by Gasteiger charge is 2.51. The van der Waals surface area contributed by atoms with Crippen molar-refractivity contribution < 1.29 is 23.1 Å². The fourth-order valence-electron chi connectivity index (χ4n) is 2.80. The van der Waals surface area contributed by atoms with Gasteiger partial charge < -0.3 is 10.8 Å². The molecule has 1 aromatic carbocycles. The largest absolute Gasteiger partial charge is 0.416 e. The van der Waals surface area contributed by atoms with Gasteiger partial charge in [0.15, 0.2) is 5.78 Å². The summed E-state index contributed by atoms with van der Waals surface area (Å²) in [4.78, 5) is 12.3. The van der Waals surface area contributed by atoms with Crippen molar-refractivity contribution >= 4 is 18.2 Å². The third-order valence-electron chi connectivity index (χ3n) is 3.84. The summed E-state index contributed by atoms with van der Waals surface area (Å²) in [5.74, 6) is -0.757. The molecule has 0 bridgehead atoms. The summed E-state index contributed by atoms with van der Waals surface area (Å²) in [5, 5.41) is 10.0. The van der Waals surface area contributed by atoms with Gasteiger partial charge in [0.25, 0.3) is 0 Å². The first kappa shape index (κ1) is 17.9. The predicted octanol–water partition coefficient (Wildman–Crippen LogP) is 2.79. The van der Waals surface area contributed by atoms with E-state index >= 15 is 0 Å². The van der Waals surface area contributed by atoms with Gasteiger partial charge in [-0.15, -0.1) is 12.4 Å². The molecule has 3 N–H and O–H groups in total. The molecule has 1 saturated carbocycles. The van der Waals surface area contributed by atoms with Crippen LogP contribution >= 0.6 is 12.4 Å². The zero-order valence-electron chi connectivity index (χ0n) is 11.4. The molecule has 2 atom stereocenters. The van der Waals surface area contributed by atoms with Gasteiger partial charge in [-0.2, -0.15) is 13.2 Å². The molecule has 21 heavy (non-hydrogen) atoms. The van der Waals surface area contributed by atoms with Crippen LogP contribution in [0.3, 0.4) is 0 Å². The average Bonchev–Trinajstić information content (AvgIpc) is 2.35. The van der Waals surface area contributed by atoms with Crippen LogP contribution in [-0.2, 0) is 16.5 Å². The summed E-state index contributed by atoms with van der Waals surface area (Å²) in [6.07, 6.45) is -3.90. The van der Waals surface area contributed by atoms with Crippen LogP contribution in [0.15, 0.2) is 24.3 Å². The molecule has 0 amide bonds. The number of aliphatic hydroxyl groups is 1. The van der Waals surface area contributed by atoms with Crippen LogP contribution in [-0.4, -0.2) is 16.5 Å². The molecule has 7 heteroatoms. The van der Waals surface area contributed by atoms with Crippen LogP contribution in [0.5, 0.6) is 0 Å². The van der Waals surface area contributed by atoms with E-state index in [1.165, 1.54) is 25.1 Å². The van der Waals surface area contributed by atoms with Crippen molar-refractivity contribution in [1.82, 2.24) is 0 Å². The molecule has 0 saturated heterocycles. The number of alkyl halides is 3. The molecule has 2 rings (SSSR count). The molecule has 1 fully saturated rings. The van der Waals surface area contributed by atoms with Crippen molar-refractivity contribution in [2.24, 2.45) is 5.73 Å². The average molecular weight is 324 g/mol. The number of hydrogen-bond acceptors (Lipinski definition) is 3. The van der Waals surface area contributed by atoms with Gasteiger partial charge in [0.1, 0.15) is 11.1 Å². The van der Waals surface area contributed by atoms with Crippen LogP contribution < -0.4 is 5.73 Å². The zero-order valence-corrected chi connectivity index (χ0v) is 12.2. The lowest BCUT2D eigenvalue weighted by Crippen LogP contribution is -2.58. The van der Waals surface area contributed by atoms with Crippen molar-refractivity contribution in [3.05, 3.63) is 35.4 Å². The highest BCUT2D eigenvalue weighted by molar-refractivity contribution is 5.97. The van der Waals surface area contributed by atoms with Gasteiger partial charge in [0.05, 0.1) is 5.56 Å². The van der Waals surface area contributed by atoms with Gasteiger partial charge in [-0.1, -0.05) is 18.2 Å². The van der Waals surface area contributed by atoms with Gasteiger partial charge in [0.2, 0.25) is 0 Å². The number of rotatable bonds is 1. The highest BCUT2D eigenvalue weighted by Crippen LogP contribution is 2.42. The highest BCUT2D eigenvalue weighted by atomic mass is 35.5.